The van der Waals surface area contributed by atoms with E-state index < -0.39 is 29.3 Å². The Morgan fingerprint density at radius 1 is 1.27 bits per heavy atom. The molecular formula is C23H19F3N4O2S. The van der Waals surface area contributed by atoms with E-state index in [0.717, 1.165) is 35.4 Å². The lowest BCUT2D eigenvalue weighted by Gasteiger charge is -2.21. The Morgan fingerprint density at radius 3 is 2.70 bits per heavy atom. The van der Waals surface area contributed by atoms with Crippen molar-refractivity contribution >= 4 is 40.5 Å². The molecule has 2 aromatic carbocycles. The largest absolute Gasteiger partial charge is 0.417 e. The zero-order chi connectivity index (χ0) is 23.9. The Morgan fingerprint density at radius 2 is 2.03 bits per heavy atom. The number of rotatable bonds is 5. The molecule has 33 heavy (non-hydrogen) atoms. The number of carbonyl (C=O) groups excluding carboxylic acids is 2. The number of benzene rings is 2. The molecule has 2 amide bonds. The van der Waals surface area contributed by atoms with Crippen LogP contribution in [0, 0.1) is 11.3 Å². The van der Waals surface area contributed by atoms with Gasteiger partial charge in [0.25, 0.3) is 11.8 Å². The van der Waals surface area contributed by atoms with Gasteiger partial charge in [-0.2, -0.15) is 18.4 Å². The minimum Gasteiger partial charge on any atom is -0.352 e. The SMILES string of the molecule is CCCCNC(=O)c1ccc2c(c1)N1C(=S)N(c3ccc(C#N)c(C(F)(F)F)c3)C(=O)C1C2. The van der Waals surface area contributed by atoms with Gasteiger partial charge in [-0.1, -0.05) is 19.4 Å². The van der Waals surface area contributed by atoms with Gasteiger partial charge in [0.05, 0.1) is 22.9 Å². The second-order valence-electron chi connectivity index (χ2n) is 7.84. The van der Waals surface area contributed by atoms with Gasteiger partial charge in [0.2, 0.25) is 0 Å². The first-order valence-electron chi connectivity index (χ1n) is 10.4. The smallest absolute Gasteiger partial charge is 0.352 e. The van der Waals surface area contributed by atoms with Gasteiger partial charge in [0.15, 0.2) is 5.11 Å². The Kier molecular flexibility index (Phi) is 5.84. The maximum Gasteiger partial charge on any atom is 0.417 e. The molecule has 6 nitrogen and oxygen atoms in total. The number of hydrogen-bond acceptors (Lipinski definition) is 4. The number of nitriles is 1. The molecule has 0 spiro atoms. The molecule has 2 aromatic rings. The van der Waals surface area contributed by atoms with Gasteiger partial charge in [0, 0.05) is 24.2 Å². The van der Waals surface area contributed by atoms with Crippen molar-refractivity contribution in [2.75, 3.05) is 16.3 Å². The molecule has 1 unspecified atom stereocenters. The summed E-state index contributed by atoms with van der Waals surface area (Å²) in [5.41, 5.74) is 0.118. The van der Waals surface area contributed by atoms with Crippen molar-refractivity contribution in [2.45, 2.75) is 38.4 Å². The summed E-state index contributed by atoms with van der Waals surface area (Å²) in [7, 11) is 0. The Hall–Kier alpha value is -3.45. The number of hydrogen-bond donors (Lipinski definition) is 1. The van der Waals surface area contributed by atoms with Gasteiger partial charge < -0.3 is 10.2 Å². The summed E-state index contributed by atoms with van der Waals surface area (Å²) in [5, 5.41) is 11.9. The van der Waals surface area contributed by atoms with Gasteiger partial charge in [-0.05, 0) is 54.5 Å². The monoisotopic (exact) mass is 472 g/mol. The molecule has 2 aliphatic rings. The molecule has 1 atom stereocenters. The summed E-state index contributed by atoms with van der Waals surface area (Å²) < 4.78 is 40.3. The number of nitrogens with one attached hydrogen (secondary N) is 1. The first kappa shape index (κ1) is 22.7. The highest BCUT2D eigenvalue weighted by molar-refractivity contribution is 7.81. The molecule has 0 bridgehead atoms. The fourth-order valence-corrected chi connectivity index (χ4v) is 4.50. The summed E-state index contributed by atoms with van der Waals surface area (Å²) in [5.74, 6) is -0.701. The first-order chi connectivity index (χ1) is 15.7. The van der Waals surface area contributed by atoms with E-state index in [1.807, 2.05) is 6.92 Å². The van der Waals surface area contributed by atoms with Gasteiger partial charge >= 0.3 is 6.18 Å². The van der Waals surface area contributed by atoms with Gasteiger partial charge in [0.1, 0.15) is 6.04 Å². The maximum atomic E-state index is 13.4. The Bertz CT molecular complexity index is 1210. The standard InChI is InChI=1S/C23H19F3N4O2S/c1-2-3-8-28-20(31)14-5-4-13-9-19-21(32)29(22(33)30(19)18(13)10-14)16-7-6-15(12-27)17(11-16)23(24,25)26/h4-7,10-11,19H,2-3,8-9H2,1H3,(H,28,31). The lowest BCUT2D eigenvalue weighted by Crippen LogP contribution is -2.33. The second kappa shape index (κ2) is 8.48. The van der Waals surface area contributed by atoms with E-state index in [1.54, 1.807) is 23.1 Å². The first-order valence-corrected chi connectivity index (χ1v) is 10.8. The van der Waals surface area contributed by atoms with Crippen LogP contribution in [0.1, 0.15) is 46.8 Å². The molecule has 10 heteroatoms. The van der Waals surface area contributed by atoms with Crippen LogP contribution < -0.4 is 15.1 Å². The lowest BCUT2D eigenvalue weighted by molar-refractivity contribution is -0.137. The number of halogens is 3. The number of unbranched alkanes of at least 4 members (excludes halogenated alkanes) is 1. The van der Waals surface area contributed by atoms with E-state index in [4.69, 9.17) is 17.5 Å². The van der Waals surface area contributed by atoms with Gasteiger partial charge in [-0.3, -0.25) is 14.5 Å². The van der Waals surface area contributed by atoms with Crippen LogP contribution in [0.5, 0.6) is 0 Å². The number of thiocarbonyl (C=S) groups is 1. The van der Waals surface area contributed by atoms with Crippen molar-refractivity contribution in [3.8, 4) is 6.07 Å². The van der Waals surface area contributed by atoms with E-state index in [0.29, 0.717) is 24.2 Å². The topological polar surface area (TPSA) is 76.4 Å². The second-order valence-corrected chi connectivity index (χ2v) is 8.20. The number of fused-ring (bicyclic) bond motifs is 3. The van der Waals surface area contributed by atoms with Crippen LogP contribution >= 0.6 is 12.2 Å². The van der Waals surface area contributed by atoms with E-state index in [2.05, 4.69) is 5.32 Å². The molecule has 170 valence electrons. The molecule has 0 aromatic heterocycles. The van der Waals surface area contributed by atoms with Crippen molar-refractivity contribution in [1.82, 2.24) is 5.32 Å². The molecule has 2 heterocycles. The molecule has 1 fully saturated rings. The number of anilines is 2. The summed E-state index contributed by atoms with van der Waals surface area (Å²) in [6.07, 6.45) is -2.64. The third kappa shape index (κ3) is 3.93. The van der Waals surface area contributed by atoms with Crippen LogP contribution in [0.25, 0.3) is 0 Å². The number of alkyl halides is 3. The summed E-state index contributed by atoms with van der Waals surface area (Å²) in [6.45, 7) is 2.56. The van der Waals surface area contributed by atoms with Crippen LogP contribution in [-0.2, 0) is 17.4 Å². The van der Waals surface area contributed by atoms with E-state index in [9.17, 15) is 22.8 Å². The van der Waals surface area contributed by atoms with Crippen LogP contribution in [-0.4, -0.2) is 29.5 Å². The number of amides is 2. The molecule has 4 rings (SSSR count). The fraction of sp³-hybridized carbons (Fsp3) is 0.304. The van der Waals surface area contributed by atoms with Crippen LogP contribution in [0.2, 0.25) is 0 Å². The highest BCUT2D eigenvalue weighted by atomic mass is 32.1. The Labute approximate surface area is 193 Å². The lowest BCUT2D eigenvalue weighted by atomic mass is 10.0. The molecular weight excluding hydrogens is 453 g/mol. The van der Waals surface area contributed by atoms with Crippen molar-refractivity contribution < 1.29 is 22.8 Å². The van der Waals surface area contributed by atoms with Gasteiger partial charge in [-0.25, -0.2) is 0 Å². The molecule has 1 N–H and O–H groups in total. The number of nitrogens with zero attached hydrogens (tertiary/aromatic N) is 3. The van der Waals surface area contributed by atoms with Crippen LogP contribution in [0.3, 0.4) is 0 Å². The third-order valence-electron chi connectivity index (χ3n) is 5.74. The van der Waals surface area contributed by atoms with Crippen LogP contribution in [0.4, 0.5) is 24.5 Å². The third-order valence-corrected chi connectivity index (χ3v) is 6.12. The van der Waals surface area contributed by atoms with Gasteiger partial charge in [-0.15, -0.1) is 0 Å². The van der Waals surface area contributed by atoms with E-state index >= 15 is 0 Å². The van der Waals surface area contributed by atoms with E-state index in [1.165, 1.54) is 12.1 Å². The molecule has 2 aliphatic heterocycles. The predicted octanol–water partition coefficient (Wildman–Crippen LogP) is 4.17. The predicted molar refractivity (Wildman–Crippen MR) is 120 cm³/mol. The molecule has 0 saturated carbocycles. The van der Waals surface area contributed by atoms with Crippen molar-refractivity contribution in [1.29, 1.82) is 5.26 Å². The molecule has 1 saturated heterocycles. The summed E-state index contributed by atoms with van der Waals surface area (Å²) in [6, 6.07) is 9.01. The Balaban J connectivity index is 1.66. The van der Waals surface area contributed by atoms with E-state index in [-0.39, 0.29) is 16.7 Å². The fourth-order valence-electron chi connectivity index (χ4n) is 4.08. The van der Waals surface area contributed by atoms with Crippen LogP contribution in [0.15, 0.2) is 36.4 Å². The minimum atomic E-state index is -4.76. The zero-order valence-electron chi connectivity index (χ0n) is 17.6. The summed E-state index contributed by atoms with van der Waals surface area (Å²) >= 11 is 5.49. The highest BCUT2D eigenvalue weighted by Gasteiger charge is 2.49. The summed E-state index contributed by atoms with van der Waals surface area (Å²) in [4.78, 5) is 28.3. The minimum absolute atomic E-state index is 0.0325. The van der Waals surface area contributed by atoms with Crippen molar-refractivity contribution in [3.63, 3.8) is 0 Å². The number of carbonyl (C=O) groups is 2. The highest BCUT2D eigenvalue weighted by Crippen LogP contribution is 2.41. The molecule has 0 aliphatic carbocycles. The average molecular weight is 472 g/mol. The van der Waals surface area contributed by atoms with Crippen molar-refractivity contribution in [2.24, 2.45) is 0 Å². The quantitative estimate of drug-likeness (QED) is 0.522. The van der Waals surface area contributed by atoms with Crippen molar-refractivity contribution in [3.05, 3.63) is 58.7 Å². The molecule has 0 radical (unpaired) electrons. The zero-order valence-corrected chi connectivity index (χ0v) is 18.4. The normalized spacial score (nSPS) is 17.1. The average Bonchev–Trinajstić information content (AvgIpc) is 3.27. The maximum absolute atomic E-state index is 13.4.